The summed E-state index contributed by atoms with van der Waals surface area (Å²) >= 11 is 7.77. The number of hydrogen-bond donors (Lipinski definition) is 30. The van der Waals surface area contributed by atoms with Crippen LogP contribution >= 0.6 is 70.6 Å². The Labute approximate surface area is 795 Å². The van der Waals surface area contributed by atoms with Gasteiger partial charge in [0.15, 0.2) is 17.3 Å². The van der Waals surface area contributed by atoms with Crippen LogP contribution < -0.4 is 16.8 Å². The van der Waals surface area contributed by atoms with Crippen LogP contribution in [-0.4, -0.2) is 463 Å². The molecule has 42 nitrogen and oxygen atoms in total. The second-order valence-corrected chi connectivity index (χ2v) is 40.8. The molecule has 48 heteroatoms. The molecule has 0 aromatic carbocycles. The number of aromatic nitrogens is 1. The van der Waals surface area contributed by atoms with E-state index in [1.165, 1.54) is 77.5 Å². The van der Waals surface area contributed by atoms with Gasteiger partial charge in [-0.25, -0.2) is 0 Å². The van der Waals surface area contributed by atoms with E-state index >= 15 is 0 Å². The average molecular weight is 2020 g/mol. The molecular formula is C84H152N4O38S6. The molecule has 7 saturated heterocycles. The van der Waals surface area contributed by atoms with Gasteiger partial charge in [0, 0.05) is 51.1 Å². The van der Waals surface area contributed by atoms with E-state index in [9.17, 15) is 121 Å². The van der Waals surface area contributed by atoms with Crippen molar-refractivity contribution in [2.24, 2.45) is 17.4 Å². The summed E-state index contributed by atoms with van der Waals surface area (Å²) in [6.07, 6.45) is -14.0. The number of aliphatic hydroxyl groups is 26. The van der Waals surface area contributed by atoms with Crippen molar-refractivity contribution in [2.45, 2.75) is 366 Å². The largest absolute Gasteiger partial charge is 0.394 e. The minimum Gasteiger partial charge on any atom is -0.394 e. The van der Waals surface area contributed by atoms with Crippen LogP contribution in [0.25, 0.3) is 0 Å². The lowest BCUT2D eigenvalue weighted by Gasteiger charge is -2.39. The minimum absolute atomic E-state index is 0.0211. The number of aromatic amines is 1. The summed E-state index contributed by atoms with van der Waals surface area (Å²) in [5.41, 5.74) is 7.21. The fourth-order valence-electron chi connectivity index (χ4n) is 13.9. The van der Waals surface area contributed by atoms with Crippen molar-refractivity contribution in [1.29, 1.82) is 0 Å². The van der Waals surface area contributed by atoms with E-state index in [4.69, 9.17) is 80.7 Å². The Bertz CT molecular complexity index is 3190. The highest BCUT2D eigenvalue weighted by atomic mass is 32.2. The SMILES string of the molecule is CC(C)CC(=O)CCCCSC1OC(CO)C(O)C(O)C1O.CC(N)C(=O)CCCCSC1OC(CO)C(O)C(O)C1O.C[C@H](O)C(=O)CCCCSC1OC(CO)C(O)C(O)C1O.N[C@@H](CO)C(=O)CCCCSC1OC(CO)C(O)C(O)C1O.O=C(CCCCSC1OC(CO)C(O)C(O)C1O)C1CCCN1.O=C(CCCCSC1OC(CO)C(O)C(O)C1O)c1ccc[nH]1. The Kier molecular flexibility index (Phi) is 64.2. The number of unbranched alkanes of at least 4 members (excludes halogenated alkanes) is 6. The maximum atomic E-state index is 11.9. The van der Waals surface area contributed by atoms with Crippen LogP contribution in [0.15, 0.2) is 18.3 Å². The van der Waals surface area contributed by atoms with Crippen LogP contribution in [0.5, 0.6) is 0 Å². The molecule has 32 N–H and O–H groups in total. The number of hydrogen-bond acceptors (Lipinski definition) is 47. The zero-order valence-electron chi connectivity index (χ0n) is 75.3. The highest BCUT2D eigenvalue weighted by molar-refractivity contribution is 8.00. The molecule has 1 aromatic heterocycles. The van der Waals surface area contributed by atoms with Crippen molar-refractivity contribution in [3.8, 4) is 0 Å². The quantitative estimate of drug-likeness (QED) is 0.0213. The normalized spacial score (nSPS) is 34.1. The molecule has 0 aliphatic carbocycles. The van der Waals surface area contributed by atoms with E-state index in [1.54, 1.807) is 25.3 Å². The lowest BCUT2D eigenvalue weighted by molar-refractivity contribution is -0.205. The Hall–Kier alpha value is -2.00. The number of carbonyl (C=O) groups excluding carboxylic acids is 6. The summed E-state index contributed by atoms with van der Waals surface area (Å²) in [5, 5.41) is 251. The summed E-state index contributed by atoms with van der Waals surface area (Å²) in [5.74, 6) is 4.40. The molecule has 34 atom stereocenters. The van der Waals surface area contributed by atoms with Gasteiger partial charge < -0.3 is 183 Å². The molecule has 8 rings (SSSR count). The third kappa shape index (κ3) is 43.4. The lowest BCUT2D eigenvalue weighted by Crippen LogP contribution is -2.57. The Morgan fingerprint density at radius 3 is 0.902 bits per heavy atom. The number of rotatable bonds is 50. The third-order valence-electron chi connectivity index (χ3n) is 22.3. The van der Waals surface area contributed by atoms with Crippen LogP contribution in [0, 0.1) is 5.92 Å². The second kappa shape index (κ2) is 68.2. The van der Waals surface area contributed by atoms with Gasteiger partial charge in [0.05, 0.1) is 70.1 Å². The number of Topliss-reactive ketones (excluding diaryl/α,β-unsaturated/α-hetero) is 6. The van der Waals surface area contributed by atoms with Crippen LogP contribution in [0.4, 0.5) is 0 Å². The molecule has 0 radical (unpaired) electrons. The lowest BCUT2D eigenvalue weighted by atomic mass is 10.0. The van der Waals surface area contributed by atoms with Gasteiger partial charge in [-0.1, -0.05) is 13.8 Å². The third-order valence-corrected chi connectivity index (χ3v) is 29.7. The van der Waals surface area contributed by atoms with Gasteiger partial charge in [-0.05, 0) is 163 Å². The highest BCUT2D eigenvalue weighted by Crippen LogP contribution is 2.36. The Balaban J connectivity index is 0.000000408. The number of ketones is 6. The van der Waals surface area contributed by atoms with E-state index in [0.717, 1.165) is 57.9 Å². The van der Waals surface area contributed by atoms with Gasteiger partial charge in [0.1, 0.15) is 203 Å². The van der Waals surface area contributed by atoms with Crippen molar-refractivity contribution in [3.05, 3.63) is 24.0 Å². The van der Waals surface area contributed by atoms with Crippen molar-refractivity contribution in [1.82, 2.24) is 10.3 Å². The molecule has 0 spiro atoms. The zero-order valence-corrected chi connectivity index (χ0v) is 80.2. The maximum Gasteiger partial charge on any atom is 0.178 e. The molecule has 7 aliphatic heterocycles. The summed E-state index contributed by atoms with van der Waals surface area (Å²) in [6, 6.07) is 2.27. The molecule has 0 amide bonds. The Morgan fingerprint density at radius 1 is 0.371 bits per heavy atom. The smallest absolute Gasteiger partial charge is 0.178 e. The van der Waals surface area contributed by atoms with Crippen LogP contribution in [0.3, 0.4) is 0 Å². The van der Waals surface area contributed by atoms with Crippen LogP contribution in [-0.2, 0) is 52.4 Å². The van der Waals surface area contributed by atoms with Gasteiger partial charge in [-0.15, -0.1) is 70.6 Å². The number of carbonyl (C=O) groups is 6. The fraction of sp³-hybridized carbons (Fsp3) is 0.881. The predicted molar refractivity (Wildman–Crippen MR) is 491 cm³/mol. The van der Waals surface area contributed by atoms with Gasteiger partial charge in [-0.3, -0.25) is 28.8 Å². The first kappa shape index (κ1) is 124. The van der Waals surface area contributed by atoms with E-state index < -0.39 is 237 Å². The predicted octanol–water partition coefficient (Wildman–Crippen LogP) is -5.96. The molecule has 7 fully saturated rings. The first-order valence-corrected chi connectivity index (χ1v) is 51.3. The van der Waals surface area contributed by atoms with E-state index in [0.29, 0.717) is 123 Å². The topological polar surface area (TPSA) is 764 Å². The summed E-state index contributed by atoms with van der Waals surface area (Å²) in [6.45, 7) is 5.13. The number of nitrogens with two attached hydrogens (primary N) is 2. The van der Waals surface area contributed by atoms with Crippen molar-refractivity contribution in [3.63, 3.8) is 0 Å². The molecule has 7 aliphatic rings. The molecule has 0 saturated carbocycles. The summed E-state index contributed by atoms with van der Waals surface area (Å²) in [4.78, 5) is 72.1. The van der Waals surface area contributed by atoms with Gasteiger partial charge in [0.25, 0.3) is 0 Å². The van der Waals surface area contributed by atoms with Gasteiger partial charge in [-0.2, -0.15) is 0 Å². The molecule has 1 aromatic rings. The van der Waals surface area contributed by atoms with Crippen LogP contribution in [0.1, 0.15) is 173 Å². The molecule has 32 unspecified atom stereocenters. The molecule has 772 valence electrons. The average Bonchev–Trinajstić information content (AvgIpc) is 1.09. The van der Waals surface area contributed by atoms with Crippen LogP contribution in [0.2, 0.25) is 0 Å². The summed E-state index contributed by atoms with van der Waals surface area (Å²) in [7, 11) is 0. The first-order valence-electron chi connectivity index (χ1n) is 45.0. The highest BCUT2D eigenvalue weighted by Gasteiger charge is 2.49. The maximum absolute atomic E-state index is 11.9. The molecular weight excluding hydrogens is 1870 g/mol. The van der Waals surface area contributed by atoms with E-state index in [1.807, 2.05) is 13.8 Å². The first-order chi connectivity index (χ1) is 62.6. The number of thioether (sulfide) groups is 6. The molecule has 132 heavy (non-hydrogen) atoms. The number of aliphatic hydroxyl groups excluding tert-OH is 26. The molecule has 8 heterocycles. The standard InChI is InChI=1S/C15H27NO6S.C15H23NO6S.C15H28O6S.C13H25NO7S.C13H25NO6S.C13H24O7S/c2*17-8-11-12(19)13(20)14(21)15(22-11)23-7-2-1-5-10(18)9-4-3-6-16-9;1-9(2)7-10(17)5-3-4-6-22-15-14(20)13(19)12(18)11(8-16)21-15;14-7(5-15)8(17)3-1-2-4-22-13-12(20)11(19)10(18)9(6-16)21-13;1-7(14)8(16)4-2-3-5-21-13-12(19)11(18)10(17)9(6-15)20-13;1-7(15)8(16)4-2-3-5-21-13-12(19)11(18)10(17)9(6-14)20-13/h9,11-17,19-21H,1-8H2;3-4,6,11-17,19-21H,1-2,5,7-8H2;9,11-16,18-20H,3-8H2,1-2H3;7,9-13,15-16,18-20H,1-6,14H2;7,9-13,15,17-19H,2-6,14H2,1H3;7,9-15,17-19H,2-6H2,1H3/t;;;7-,9?,10?,11?,12?,13?;;7-,9?,10?,11?,12?,13?/m...0.0/s1. The van der Waals surface area contributed by atoms with Crippen molar-refractivity contribution in [2.75, 3.05) is 87.3 Å². The monoisotopic (exact) mass is 2020 g/mol. The van der Waals surface area contributed by atoms with E-state index in [-0.39, 0.29) is 53.8 Å². The summed E-state index contributed by atoms with van der Waals surface area (Å²) < 4.78 is 32.3. The number of H-pyrrole nitrogens is 1. The fourth-order valence-corrected chi connectivity index (χ4v) is 21.0. The number of nitrogens with one attached hydrogen (secondary N) is 2. The van der Waals surface area contributed by atoms with E-state index in [2.05, 4.69) is 10.3 Å². The van der Waals surface area contributed by atoms with Crippen molar-refractivity contribution < 1.29 is 190 Å². The zero-order chi connectivity index (χ0) is 99.0. The Morgan fingerprint density at radius 2 is 0.652 bits per heavy atom. The van der Waals surface area contributed by atoms with Gasteiger partial charge in [0.2, 0.25) is 0 Å². The second-order valence-electron chi connectivity index (χ2n) is 33.6. The van der Waals surface area contributed by atoms with Gasteiger partial charge >= 0.3 is 0 Å². The molecule has 0 bridgehead atoms. The minimum atomic E-state index is -1.37. The number of ether oxygens (including phenoxy) is 6. The van der Waals surface area contributed by atoms with Crippen molar-refractivity contribution >= 4 is 105 Å².